The van der Waals surface area contributed by atoms with Gasteiger partial charge in [0.15, 0.2) is 0 Å². The molecule has 1 atom stereocenters. The van der Waals surface area contributed by atoms with Crippen LogP contribution in [0.1, 0.15) is 29.7 Å². The molecule has 0 bridgehead atoms. The van der Waals surface area contributed by atoms with Gasteiger partial charge in [-0.3, -0.25) is 4.98 Å². The first-order valence-electron chi connectivity index (χ1n) is 7.20. The van der Waals surface area contributed by atoms with Gasteiger partial charge < -0.3 is 20.2 Å². The third-order valence-corrected chi connectivity index (χ3v) is 3.66. The summed E-state index contributed by atoms with van der Waals surface area (Å²) in [5.74, 6) is 1.36. The Kier molecular flexibility index (Phi) is 5.28. The summed E-state index contributed by atoms with van der Waals surface area (Å²) in [5.41, 5.74) is 0.143. The normalized spacial score (nSPS) is 13.4. The van der Waals surface area contributed by atoms with Crippen LogP contribution in [0.4, 0.5) is 4.79 Å². The van der Waals surface area contributed by atoms with Crippen LogP contribution in [0.2, 0.25) is 5.02 Å². The van der Waals surface area contributed by atoms with Crippen molar-refractivity contribution in [3.05, 3.63) is 52.2 Å². The second-order valence-electron chi connectivity index (χ2n) is 5.60. The second kappa shape index (κ2) is 7.02. The number of halogens is 1. The quantitative estimate of drug-likeness (QED) is 0.782. The predicted molar refractivity (Wildman–Crippen MR) is 87.2 cm³/mol. The predicted octanol–water partition coefficient (Wildman–Crippen LogP) is 2.65. The zero-order valence-electron chi connectivity index (χ0n) is 13.3. The molecule has 23 heavy (non-hydrogen) atoms. The number of pyridine rings is 1. The molecule has 0 spiro atoms. The van der Waals surface area contributed by atoms with Crippen LogP contribution < -0.4 is 10.6 Å². The molecule has 3 N–H and O–H groups in total. The Morgan fingerprint density at radius 2 is 2.13 bits per heavy atom. The lowest BCUT2D eigenvalue weighted by Crippen LogP contribution is -2.43. The molecule has 1 unspecified atom stereocenters. The summed E-state index contributed by atoms with van der Waals surface area (Å²) in [6, 6.07) is 4.82. The number of urea groups is 1. The molecule has 0 aliphatic carbocycles. The van der Waals surface area contributed by atoms with E-state index in [1.807, 2.05) is 6.92 Å². The number of furan rings is 1. The molecule has 2 heterocycles. The molecule has 2 aromatic heterocycles. The highest BCUT2D eigenvalue weighted by atomic mass is 35.5. The maximum atomic E-state index is 11.8. The van der Waals surface area contributed by atoms with Crippen molar-refractivity contribution < 1.29 is 14.3 Å². The van der Waals surface area contributed by atoms with E-state index >= 15 is 0 Å². The van der Waals surface area contributed by atoms with Gasteiger partial charge in [-0.25, -0.2) is 4.79 Å². The number of hydrogen-bond donors (Lipinski definition) is 3. The van der Waals surface area contributed by atoms with Gasteiger partial charge in [-0.15, -0.1) is 0 Å². The van der Waals surface area contributed by atoms with Crippen molar-refractivity contribution in [2.45, 2.75) is 32.9 Å². The van der Waals surface area contributed by atoms with Gasteiger partial charge in [-0.2, -0.15) is 0 Å². The molecular formula is C16H20ClN3O3. The summed E-state index contributed by atoms with van der Waals surface area (Å²) >= 11 is 5.75. The van der Waals surface area contributed by atoms with Crippen LogP contribution in [-0.4, -0.2) is 22.7 Å². The highest BCUT2D eigenvalue weighted by Crippen LogP contribution is 2.26. The molecule has 2 rings (SSSR count). The molecule has 2 amide bonds. The minimum absolute atomic E-state index is 0.0622. The van der Waals surface area contributed by atoms with Crippen LogP contribution in [0.15, 0.2) is 28.8 Å². The molecule has 0 radical (unpaired) electrons. The van der Waals surface area contributed by atoms with Gasteiger partial charge in [0.05, 0.1) is 23.8 Å². The zero-order chi connectivity index (χ0) is 17.0. The lowest BCUT2D eigenvalue weighted by Gasteiger charge is -2.23. The second-order valence-corrected chi connectivity index (χ2v) is 6.04. The molecule has 0 aliphatic rings. The molecule has 0 aliphatic heterocycles. The first kappa shape index (κ1) is 17.3. The molecule has 0 fully saturated rings. The monoisotopic (exact) mass is 337 g/mol. The van der Waals surface area contributed by atoms with Crippen molar-refractivity contribution in [2.75, 3.05) is 6.54 Å². The highest BCUT2D eigenvalue weighted by Gasteiger charge is 2.28. The fourth-order valence-corrected chi connectivity index (χ4v) is 2.37. The fraction of sp³-hybridized carbons (Fsp3) is 0.375. The summed E-state index contributed by atoms with van der Waals surface area (Å²) in [6.45, 7) is 5.56. The highest BCUT2D eigenvalue weighted by molar-refractivity contribution is 6.30. The fourth-order valence-electron chi connectivity index (χ4n) is 2.26. The lowest BCUT2D eigenvalue weighted by atomic mass is 9.96. The van der Waals surface area contributed by atoms with Crippen LogP contribution in [-0.2, 0) is 12.1 Å². The summed E-state index contributed by atoms with van der Waals surface area (Å²) < 4.78 is 5.42. The van der Waals surface area contributed by atoms with E-state index in [-0.39, 0.29) is 19.1 Å². The number of nitrogens with one attached hydrogen (secondary N) is 2. The van der Waals surface area contributed by atoms with Gasteiger partial charge in [-0.1, -0.05) is 11.6 Å². The van der Waals surface area contributed by atoms with E-state index in [1.54, 1.807) is 32.0 Å². The average Bonchev–Trinajstić information content (AvgIpc) is 2.84. The topological polar surface area (TPSA) is 87.4 Å². The number of aliphatic hydroxyl groups is 1. The lowest BCUT2D eigenvalue weighted by molar-refractivity contribution is 0.0579. The van der Waals surface area contributed by atoms with E-state index in [9.17, 15) is 9.90 Å². The Bertz CT molecular complexity index is 680. The van der Waals surface area contributed by atoms with Crippen molar-refractivity contribution in [1.82, 2.24) is 15.6 Å². The number of aromatic nitrogens is 1. The summed E-state index contributed by atoms with van der Waals surface area (Å²) in [6.07, 6.45) is 1.52. The molecule has 0 saturated carbocycles. The van der Waals surface area contributed by atoms with Gasteiger partial charge in [0.1, 0.15) is 17.1 Å². The standard InChI is InChI=1S/C16H20ClN3O3/c1-10-6-14(11(2)23-10)16(3,22)9-20-15(21)19-8-13-5-4-12(17)7-18-13/h4-7,22H,8-9H2,1-3H3,(H2,19,20,21). The number of hydrogen-bond acceptors (Lipinski definition) is 4. The van der Waals surface area contributed by atoms with Crippen LogP contribution in [0.3, 0.4) is 0 Å². The zero-order valence-corrected chi connectivity index (χ0v) is 14.1. The van der Waals surface area contributed by atoms with Crippen LogP contribution in [0, 0.1) is 13.8 Å². The van der Waals surface area contributed by atoms with Crippen molar-refractivity contribution in [3.8, 4) is 0 Å². The minimum atomic E-state index is -1.21. The van der Waals surface area contributed by atoms with Gasteiger partial charge >= 0.3 is 6.03 Å². The van der Waals surface area contributed by atoms with Gasteiger partial charge in [0.25, 0.3) is 0 Å². The number of rotatable bonds is 5. The maximum absolute atomic E-state index is 11.8. The van der Waals surface area contributed by atoms with Gasteiger partial charge in [-0.05, 0) is 39.0 Å². The number of carbonyl (C=O) groups is 1. The molecular weight excluding hydrogens is 318 g/mol. The van der Waals surface area contributed by atoms with Crippen LogP contribution in [0.25, 0.3) is 0 Å². The van der Waals surface area contributed by atoms with E-state index < -0.39 is 5.60 Å². The van der Waals surface area contributed by atoms with Crippen molar-refractivity contribution in [2.24, 2.45) is 0 Å². The summed E-state index contributed by atoms with van der Waals surface area (Å²) in [5, 5.41) is 16.4. The maximum Gasteiger partial charge on any atom is 0.315 e. The van der Waals surface area contributed by atoms with E-state index in [0.717, 1.165) is 5.76 Å². The summed E-state index contributed by atoms with van der Waals surface area (Å²) in [4.78, 5) is 15.9. The molecule has 7 heteroatoms. The van der Waals surface area contributed by atoms with Crippen molar-refractivity contribution in [3.63, 3.8) is 0 Å². The first-order valence-corrected chi connectivity index (χ1v) is 7.58. The third-order valence-electron chi connectivity index (χ3n) is 3.43. The van der Waals surface area contributed by atoms with Crippen LogP contribution in [0.5, 0.6) is 0 Å². The molecule has 0 aromatic carbocycles. The van der Waals surface area contributed by atoms with Gasteiger partial charge in [0.2, 0.25) is 0 Å². The molecule has 2 aromatic rings. The molecule has 0 saturated heterocycles. The Labute approximate surface area is 139 Å². The minimum Gasteiger partial charge on any atom is -0.466 e. The van der Waals surface area contributed by atoms with E-state index in [4.69, 9.17) is 16.0 Å². The Morgan fingerprint density at radius 3 is 2.70 bits per heavy atom. The largest absolute Gasteiger partial charge is 0.466 e. The number of carbonyl (C=O) groups excluding carboxylic acids is 1. The van der Waals surface area contributed by atoms with Gasteiger partial charge in [0, 0.05) is 11.8 Å². The van der Waals surface area contributed by atoms with Crippen molar-refractivity contribution >= 4 is 17.6 Å². The smallest absolute Gasteiger partial charge is 0.315 e. The van der Waals surface area contributed by atoms with E-state index in [0.29, 0.717) is 22.0 Å². The van der Waals surface area contributed by atoms with E-state index in [2.05, 4.69) is 15.6 Å². The third kappa shape index (κ3) is 4.71. The Hall–Kier alpha value is -2.05. The van der Waals surface area contributed by atoms with Crippen molar-refractivity contribution in [1.29, 1.82) is 0 Å². The molecule has 6 nitrogen and oxygen atoms in total. The first-order chi connectivity index (χ1) is 10.8. The number of aryl methyl sites for hydroxylation is 2. The average molecular weight is 338 g/mol. The number of nitrogens with zero attached hydrogens (tertiary/aromatic N) is 1. The van der Waals surface area contributed by atoms with Crippen LogP contribution >= 0.6 is 11.6 Å². The Balaban J connectivity index is 1.86. The molecule has 124 valence electrons. The summed E-state index contributed by atoms with van der Waals surface area (Å²) in [7, 11) is 0. The number of amides is 2. The Morgan fingerprint density at radius 1 is 1.39 bits per heavy atom. The van der Waals surface area contributed by atoms with E-state index in [1.165, 1.54) is 6.20 Å². The SMILES string of the molecule is Cc1cc(C(C)(O)CNC(=O)NCc2ccc(Cl)cn2)c(C)o1.